The third kappa shape index (κ3) is 2.96. The highest BCUT2D eigenvalue weighted by Crippen LogP contribution is 2.37. The van der Waals surface area contributed by atoms with Crippen LogP contribution in [0.1, 0.15) is 48.6 Å². The molecule has 3 aromatic rings. The Morgan fingerprint density at radius 3 is 2.65 bits per heavy atom. The number of nitrogens with two attached hydrogens (primary N) is 1. The van der Waals surface area contributed by atoms with Crippen molar-refractivity contribution in [2.24, 2.45) is 5.92 Å². The van der Waals surface area contributed by atoms with Crippen LogP contribution in [-0.4, -0.2) is 9.97 Å². The van der Waals surface area contributed by atoms with E-state index in [0.717, 1.165) is 23.1 Å². The number of pyridine rings is 1. The van der Waals surface area contributed by atoms with Gasteiger partial charge in [-0.15, -0.1) is 0 Å². The summed E-state index contributed by atoms with van der Waals surface area (Å²) in [6, 6.07) is 10.5. The van der Waals surface area contributed by atoms with E-state index in [1.54, 1.807) is 0 Å². The monoisotopic (exact) mass is 307 g/mol. The van der Waals surface area contributed by atoms with Gasteiger partial charge in [-0.05, 0) is 67.1 Å². The number of hydrogen-bond donors (Lipinski definition) is 2. The Morgan fingerprint density at radius 2 is 1.96 bits per heavy atom. The molecule has 0 radical (unpaired) electrons. The van der Waals surface area contributed by atoms with Crippen LogP contribution in [0.4, 0.5) is 5.69 Å². The van der Waals surface area contributed by atoms with Crippen LogP contribution in [0, 0.1) is 19.8 Å². The van der Waals surface area contributed by atoms with Crippen molar-refractivity contribution in [2.75, 3.05) is 5.73 Å². The fourth-order valence-corrected chi connectivity index (χ4v) is 3.46. The van der Waals surface area contributed by atoms with Gasteiger partial charge in [-0.1, -0.05) is 19.9 Å². The molecule has 3 heteroatoms. The predicted molar refractivity (Wildman–Crippen MR) is 97.7 cm³/mol. The summed E-state index contributed by atoms with van der Waals surface area (Å²) in [6.07, 6.45) is 2.91. The second-order valence-corrected chi connectivity index (χ2v) is 6.86. The second-order valence-electron chi connectivity index (χ2n) is 6.86. The maximum Gasteiger partial charge on any atom is 0.137 e. The highest BCUT2D eigenvalue weighted by Gasteiger charge is 2.22. The zero-order valence-electron chi connectivity index (χ0n) is 14.4. The average molecular weight is 307 g/mol. The molecule has 0 bridgehead atoms. The SMILES string of the molecule is Cc1ccc(N)c(C)c1C(CC(C)C)c1cc2cccnc2[nH]1. The van der Waals surface area contributed by atoms with Crippen LogP contribution < -0.4 is 5.73 Å². The molecule has 0 spiro atoms. The minimum Gasteiger partial charge on any atom is -0.399 e. The highest BCUT2D eigenvalue weighted by molar-refractivity contribution is 5.76. The number of aromatic amines is 1. The lowest BCUT2D eigenvalue weighted by Gasteiger charge is -2.23. The summed E-state index contributed by atoms with van der Waals surface area (Å²) in [5.74, 6) is 0.910. The van der Waals surface area contributed by atoms with Crippen molar-refractivity contribution in [3.8, 4) is 0 Å². The van der Waals surface area contributed by atoms with Gasteiger partial charge >= 0.3 is 0 Å². The van der Waals surface area contributed by atoms with Crippen LogP contribution in [0.3, 0.4) is 0 Å². The van der Waals surface area contributed by atoms with Crippen molar-refractivity contribution in [1.29, 1.82) is 0 Å². The lowest BCUT2D eigenvalue weighted by atomic mass is 9.82. The molecule has 2 heterocycles. The van der Waals surface area contributed by atoms with E-state index in [0.29, 0.717) is 11.8 Å². The van der Waals surface area contributed by atoms with Gasteiger partial charge in [-0.2, -0.15) is 0 Å². The molecule has 3 N–H and O–H groups in total. The third-order valence-corrected chi connectivity index (χ3v) is 4.62. The van der Waals surface area contributed by atoms with E-state index in [4.69, 9.17) is 5.73 Å². The first-order chi connectivity index (χ1) is 11.0. The quantitative estimate of drug-likeness (QED) is 0.671. The maximum atomic E-state index is 6.19. The number of rotatable bonds is 4. The van der Waals surface area contributed by atoms with Gasteiger partial charge in [0.25, 0.3) is 0 Å². The number of benzene rings is 1. The van der Waals surface area contributed by atoms with Crippen molar-refractivity contribution in [2.45, 2.75) is 40.0 Å². The fourth-order valence-electron chi connectivity index (χ4n) is 3.46. The summed E-state index contributed by atoms with van der Waals surface area (Å²) in [5, 5.41) is 1.16. The molecule has 0 fully saturated rings. The molecule has 1 aromatic carbocycles. The normalized spacial score (nSPS) is 12.9. The Balaban J connectivity index is 2.17. The third-order valence-electron chi connectivity index (χ3n) is 4.62. The molecule has 3 rings (SSSR count). The van der Waals surface area contributed by atoms with Gasteiger partial charge in [0.05, 0.1) is 0 Å². The summed E-state index contributed by atoms with van der Waals surface area (Å²) in [4.78, 5) is 7.96. The molecule has 23 heavy (non-hydrogen) atoms. The number of fused-ring (bicyclic) bond motifs is 1. The van der Waals surface area contributed by atoms with Crippen LogP contribution >= 0.6 is 0 Å². The lowest BCUT2D eigenvalue weighted by Crippen LogP contribution is -2.10. The first kappa shape index (κ1) is 15.6. The number of anilines is 1. The van der Waals surface area contributed by atoms with E-state index in [9.17, 15) is 0 Å². The average Bonchev–Trinajstić information content (AvgIpc) is 2.94. The number of H-pyrrole nitrogens is 1. The number of nitrogens with one attached hydrogen (secondary N) is 1. The molecule has 0 aliphatic heterocycles. The molecule has 1 atom stereocenters. The first-order valence-electron chi connectivity index (χ1n) is 8.26. The Kier molecular flexibility index (Phi) is 4.12. The van der Waals surface area contributed by atoms with Gasteiger partial charge < -0.3 is 10.7 Å². The Labute approximate surface area is 137 Å². The van der Waals surface area contributed by atoms with Gasteiger partial charge in [0.1, 0.15) is 5.65 Å². The van der Waals surface area contributed by atoms with Gasteiger partial charge in [-0.25, -0.2) is 4.98 Å². The Hall–Kier alpha value is -2.29. The molecule has 0 aliphatic rings. The zero-order valence-corrected chi connectivity index (χ0v) is 14.4. The summed E-state index contributed by atoms with van der Waals surface area (Å²) in [5.41, 5.74) is 13.1. The number of aromatic nitrogens is 2. The van der Waals surface area contributed by atoms with Crippen molar-refractivity contribution >= 4 is 16.7 Å². The van der Waals surface area contributed by atoms with E-state index in [2.05, 4.69) is 55.9 Å². The molecule has 3 nitrogen and oxygen atoms in total. The highest BCUT2D eigenvalue weighted by atomic mass is 14.9. The standard InChI is InChI=1S/C20H25N3/c1-12(2)10-16(19-13(3)7-8-17(21)14(19)4)18-11-15-6-5-9-22-20(15)23-18/h5-9,11-12,16H,10,21H2,1-4H3,(H,22,23). The Morgan fingerprint density at radius 1 is 1.17 bits per heavy atom. The van der Waals surface area contributed by atoms with Crippen molar-refractivity contribution in [3.05, 3.63) is 58.9 Å². The van der Waals surface area contributed by atoms with Crippen LogP contribution in [0.2, 0.25) is 0 Å². The topological polar surface area (TPSA) is 54.7 Å². The summed E-state index contributed by atoms with van der Waals surface area (Å²) in [7, 11) is 0. The maximum absolute atomic E-state index is 6.19. The van der Waals surface area contributed by atoms with Crippen LogP contribution in [0.25, 0.3) is 11.0 Å². The second kappa shape index (κ2) is 6.07. The molecule has 0 aliphatic carbocycles. The van der Waals surface area contributed by atoms with Gasteiger partial charge in [0.15, 0.2) is 0 Å². The van der Waals surface area contributed by atoms with Crippen LogP contribution in [-0.2, 0) is 0 Å². The predicted octanol–water partition coefficient (Wildman–Crippen LogP) is 4.94. The van der Waals surface area contributed by atoms with Gasteiger partial charge in [-0.3, -0.25) is 0 Å². The van der Waals surface area contributed by atoms with E-state index in [1.807, 2.05) is 18.3 Å². The van der Waals surface area contributed by atoms with E-state index >= 15 is 0 Å². The first-order valence-corrected chi connectivity index (χ1v) is 8.26. The molecule has 2 aromatic heterocycles. The fraction of sp³-hybridized carbons (Fsp3) is 0.350. The number of nitrogen functional groups attached to an aromatic ring is 1. The van der Waals surface area contributed by atoms with Crippen molar-refractivity contribution < 1.29 is 0 Å². The molecular weight excluding hydrogens is 282 g/mol. The van der Waals surface area contributed by atoms with E-state index in [-0.39, 0.29) is 0 Å². The van der Waals surface area contributed by atoms with Crippen molar-refractivity contribution in [3.63, 3.8) is 0 Å². The van der Waals surface area contributed by atoms with Crippen LogP contribution in [0.15, 0.2) is 36.5 Å². The minimum atomic E-state index is 0.313. The number of hydrogen-bond acceptors (Lipinski definition) is 2. The summed E-state index contributed by atoms with van der Waals surface area (Å²) < 4.78 is 0. The van der Waals surface area contributed by atoms with Crippen molar-refractivity contribution in [1.82, 2.24) is 9.97 Å². The van der Waals surface area contributed by atoms with E-state index in [1.165, 1.54) is 22.4 Å². The molecular formula is C20H25N3. The summed E-state index contributed by atoms with van der Waals surface area (Å²) in [6.45, 7) is 8.84. The zero-order chi connectivity index (χ0) is 16.6. The Bertz CT molecular complexity index is 797. The number of nitrogens with zero attached hydrogens (tertiary/aromatic N) is 1. The lowest BCUT2D eigenvalue weighted by molar-refractivity contribution is 0.534. The largest absolute Gasteiger partial charge is 0.399 e. The number of aryl methyl sites for hydroxylation is 1. The molecule has 0 amide bonds. The molecule has 0 saturated heterocycles. The smallest absolute Gasteiger partial charge is 0.137 e. The molecule has 120 valence electrons. The summed E-state index contributed by atoms with van der Waals surface area (Å²) >= 11 is 0. The van der Waals surface area contributed by atoms with Gasteiger partial charge in [0.2, 0.25) is 0 Å². The molecule has 1 unspecified atom stereocenters. The van der Waals surface area contributed by atoms with E-state index < -0.39 is 0 Å². The molecule has 0 saturated carbocycles. The van der Waals surface area contributed by atoms with Gasteiger partial charge in [0, 0.05) is 28.9 Å². The van der Waals surface area contributed by atoms with Crippen LogP contribution in [0.5, 0.6) is 0 Å². The minimum absolute atomic E-state index is 0.313.